The monoisotopic (exact) mass is 486 g/mol. The molecule has 0 radical (unpaired) electrons. The highest BCUT2D eigenvalue weighted by Crippen LogP contribution is 2.65. The third-order valence-corrected chi connectivity index (χ3v) is 9.17. The van der Waals surface area contributed by atoms with Crippen LogP contribution in [0.25, 0.3) is 0 Å². The summed E-state index contributed by atoms with van der Waals surface area (Å²) < 4.78 is 18.3. The van der Waals surface area contributed by atoms with Crippen molar-refractivity contribution in [3.05, 3.63) is 17.2 Å². The van der Waals surface area contributed by atoms with E-state index in [0.717, 1.165) is 50.0 Å². The molecule has 7 heteroatoms. The highest BCUT2D eigenvalue weighted by molar-refractivity contribution is 5.76. The fourth-order valence-corrected chi connectivity index (χ4v) is 7.44. The molecule has 1 saturated carbocycles. The lowest BCUT2D eigenvalue weighted by atomic mass is 9.51. The van der Waals surface area contributed by atoms with Crippen molar-refractivity contribution >= 4 is 5.97 Å². The van der Waals surface area contributed by atoms with Crippen molar-refractivity contribution < 1.29 is 24.1 Å². The van der Waals surface area contributed by atoms with Crippen LogP contribution in [0.2, 0.25) is 0 Å². The molecular formula is C28H42N2O5. The molecular weight excluding hydrogens is 444 g/mol. The van der Waals surface area contributed by atoms with Gasteiger partial charge in [-0.05, 0) is 71.9 Å². The third kappa shape index (κ3) is 3.72. The minimum absolute atomic E-state index is 0.00873. The minimum Gasteiger partial charge on any atom is -0.504 e. The van der Waals surface area contributed by atoms with Gasteiger partial charge >= 0.3 is 5.97 Å². The molecule has 2 fully saturated rings. The Morgan fingerprint density at radius 1 is 1.37 bits per heavy atom. The molecule has 1 saturated heterocycles. The van der Waals surface area contributed by atoms with E-state index in [-0.39, 0.29) is 35.2 Å². The molecule has 0 aromatic heterocycles. The molecule has 0 unspecified atom stereocenters. The van der Waals surface area contributed by atoms with Crippen LogP contribution >= 0.6 is 0 Å². The van der Waals surface area contributed by atoms with Gasteiger partial charge in [0.1, 0.15) is 23.5 Å². The Labute approximate surface area is 209 Å². The number of aromatic hydroxyl groups is 1. The first-order valence-electron chi connectivity index (χ1n) is 13.3. The quantitative estimate of drug-likeness (QED) is 0.592. The standard InChI is InChI=1S/C28H42N2O5/c1-8-15(2)23(26(32)35-27(3,4)5)29-18-10-9-17-19-13-16-21(33-7)14-20(31)24-22(16)28(17,25(18)34-24)11-12-30(19)6/h14-15,17-19,23,25,29,31H,8-13H2,1-7H3/t15-,17-,18-,19+,23-,25-,28-/m0/s1. The molecule has 1 aromatic carbocycles. The van der Waals surface area contributed by atoms with Gasteiger partial charge in [-0.1, -0.05) is 20.3 Å². The number of ether oxygens (including phenoxy) is 3. The number of nitrogens with zero attached hydrogens (tertiary/aromatic N) is 1. The van der Waals surface area contributed by atoms with Gasteiger partial charge in [-0.15, -0.1) is 0 Å². The summed E-state index contributed by atoms with van der Waals surface area (Å²) in [5, 5.41) is 14.7. The van der Waals surface area contributed by atoms with Crippen molar-refractivity contribution in [2.75, 3.05) is 20.7 Å². The third-order valence-electron chi connectivity index (χ3n) is 9.17. The van der Waals surface area contributed by atoms with Crippen LogP contribution in [0.5, 0.6) is 17.2 Å². The van der Waals surface area contributed by atoms with Crippen LogP contribution in [0.15, 0.2) is 6.07 Å². The number of nitrogens with one attached hydrogen (secondary N) is 1. The lowest BCUT2D eigenvalue weighted by Gasteiger charge is -2.59. The van der Waals surface area contributed by atoms with Gasteiger partial charge < -0.3 is 24.2 Å². The zero-order valence-electron chi connectivity index (χ0n) is 22.3. The topological polar surface area (TPSA) is 80.3 Å². The van der Waals surface area contributed by atoms with Gasteiger partial charge in [0, 0.05) is 34.7 Å². The van der Waals surface area contributed by atoms with E-state index in [4.69, 9.17) is 14.2 Å². The number of benzene rings is 1. The number of carbonyl (C=O) groups excluding carboxylic acids is 1. The van der Waals surface area contributed by atoms with E-state index < -0.39 is 11.6 Å². The molecule has 1 spiro atoms. The van der Waals surface area contributed by atoms with Gasteiger partial charge in [0.2, 0.25) is 0 Å². The van der Waals surface area contributed by atoms with Crippen molar-refractivity contribution in [2.24, 2.45) is 11.8 Å². The fraction of sp³-hybridized carbons (Fsp3) is 0.750. The number of likely N-dealkylation sites (tertiary alicyclic amines) is 1. The van der Waals surface area contributed by atoms with Gasteiger partial charge in [-0.3, -0.25) is 10.1 Å². The predicted molar refractivity (Wildman–Crippen MR) is 134 cm³/mol. The van der Waals surface area contributed by atoms with Gasteiger partial charge in [0.25, 0.3) is 0 Å². The Bertz CT molecular complexity index is 1000. The molecule has 2 heterocycles. The molecule has 7 atom stereocenters. The summed E-state index contributed by atoms with van der Waals surface area (Å²) in [5.41, 5.74) is 1.62. The van der Waals surface area contributed by atoms with Crippen molar-refractivity contribution in [3.63, 3.8) is 0 Å². The van der Waals surface area contributed by atoms with E-state index in [0.29, 0.717) is 17.7 Å². The van der Waals surface area contributed by atoms with Gasteiger partial charge in [-0.2, -0.15) is 0 Å². The van der Waals surface area contributed by atoms with E-state index in [1.165, 1.54) is 5.56 Å². The highest BCUT2D eigenvalue weighted by Gasteiger charge is 2.66. The number of piperidine rings is 1. The van der Waals surface area contributed by atoms with Crippen LogP contribution < -0.4 is 14.8 Å². The predicted octanol–water partition coefficient (Wildman–Crippen LogP) is 3.78. The number of carbonyl (C=O) groups is 1. The summed E-state index contributed by atoms with van der Waals surface area (Å²) in [6.45, 7) is 11.0. The number of esters is 1. The first-order valence-corrected chi connectivity index (χ1v) is 13.3. The van der Waals surface area contributed by atoms with Crippen molar-refractivity contribution in [2.45, 2.75) is 102 Å². The van der Waals surface area contributed by atoms with E-state index >= 15 is 0 Å². The molecule has 35 heavy (non-hydrogen) atoms. The number of phenols is 1. The van der Waals surface area contributed by atoms with Crippen LogP contribution in [0.3, 0.4) is 0 Å². The number of hydrogen-bond donors (Lipinski definition) is 2. The summed E-state index contributed by atoms with van der Waals surface area (Å²) in [4.78, 5) is 15.8. The second kappa shape index (κ2) is 8.55. The maximum absolute atomic E-state index is 13.3. The van der Waals surface area contributed by atoms with E-state index in [1.807, 2.05) is 20.8 Å². The minimum atomic E-state index is -0.539. The number of methoxy groups -OCH3 is 1. The van der Waals surface area contributed by atoms with Crippen LogP contribution in [-0.4, -0.2) is 66.5 Å². The molecule has 5 rings (SSSR count). The summed E-state index contributed by atoms with van der Waals surface area (Å²) in [6, 6.07) is 1.72. The Morgan fingerprint density at radius 2 is 2.11 bits per heavy atom. The molecule has 2 aliphatic heterocycles. The Morgan fingerprint density at radius 3 is 2.77 bits per heavy atom. The van der Waals surface area contributed by atoms with Gasteiger partial charge in [0.05, 0.1) is 7.11 Å². The number of likely N-dealkylation sites (N-methyl/N-ethyl adjacent to an activating group) is 1. The average molecular weight is 487 g/mol. The first kappa shape index (κ1) is 24.7. The molecule has 0 amide bonds. The lowest BCUT2D eigenvalue weighted by molar-refractivity contribution is -0.160. The average Bonchev–Trinajstić information content (AvgIpc) is 3.15. The molecule has 7 nitrogen and oxygen atoms in total. The van der Waals surface area contributed by atoms with Crippen molar-refractivity contribution in [1.29, 1.82) is 0 Å². The van der Waals surface area contributed by atoms with Crippen molar-refractivity contribution in [3.8, 4) is 17.2 Å². The summed E-state index contributed by atoms with van der Waals surface area (Å²) in [6.07, 6.45) is 4.61. The smallest absolute Gasteiger partial charge is 0.323 e. The SMILES string of the molecule is CC[C@H](C)[C@H](N[C@H]1CC[C@H]2[C@H]3Cc4c(OC)cc(O)c5c4[C@@]2(CCN3C)[C@H]1O5)C(=O)OC(C)(C)C. The largest absolute Gasteiger partial charge is 0.504 e. The Balaban J connectivity index is 1.55. The molecule has 2 aliphatic carbocycles. The number of hydrogen-bond acceptors (Lipinski definition) is 7. The van der Waals surface area contributed by atoms with Crippen LogP contribution in [-0.2, 0) is 21.4 Å². The van der Waals surface area contributed by atoms with E-state index in [1.54, 1.807) is 13.2 Å². The second-order valence-electron chi connectivity index (χ2n) is 12.2. The van der Waals surface area contributed by atoms with Crippen LogP contribution in [0.1, 0.15) is 71.4 Å². The van der Waals surface area contributed by atoms with Crippen LogP contribution in [0, 0.1) is 11.8 Å². The fourth-order valence-electron chi connectivity index (χ4n) is 7.44. The van der Waals surface area contributed by atoms with Gasteiger partial charge in [-0.25, -0.2) is 0 Å². The number of rotatable bonds is 6. The maximum atomic E-state index is 13.3. The summed E-state index contributed by atoms with van der Waals surface area (Å²) >= 11 is 0. The zero-order chi connectivity index (χ0) is 25.3. The Hall–Kier alpha value is -1.99. The normalized spacial score (nSPS) is 32.9. The Kier molecular flexibility index (Phi) is 6.03. The molecule has 2 bridgehead atoms. The first-order chi connectivity index (χ1) is 16.5. The molecule has 4 aliphatic rings. The number of phenolic OH excluding ortho intramolecular Hbond substituents is 1. The summed E-state index contributed by atoms with van der Waals surface area (Å²) in [7, 11) is 3.91. The lowest BCUT2D eigenvalue weighted by Crippen LogP contribution is -2.69. The maximum Gasteiger partial charge on any atom is 0.323 e. The van der Waals surface area contributed by atoms with Crippen LogP contribution in [0.4, 0.5) is 0 Å². The van der Waals surface area contributed by atoms with Crippen molar-refractivity contribution in [1.82, 2.24) is 10.2 Å². The zero-order valence-corrected chi connectivity index (χ0v) is 22.3. The second-order valence-corrected chi connectivity index (χ2v) is 12.2. The molecule has 2 N–H and O–H groups in total. The summed E-state index contributed by atoms with van der Waals surface area (Å²) in [5.74, 6) is 1.93. The van der Waals surface area contributed by atoms with Gasteiger partial charge in [0.15, 0.2) is 11.5 Å². The highest BCUT2D eigenvalue weighted by atomic mass is 16.6. The molecule has 194 valence electrons. The van der Waals surface area contributed by atoms with E-state index in [2.05, 4.69) is 31.1 Å². The van der Waals surface area contributed by atoms with E-state index in [9.17, 15) is 9.90 Å². The molecule has 1 aromatic rings.